The third kappa shape index (κ3) is 4.54. The van der Waals surface area contributed by atoms with Gasteiger partial charge in [-0.25, -0.2) is 0 Å². The highest BCUT2D eigenvalue weighted by molar-refractivity contribution is 6.31. The molecular formula is C13H19ClN2O4. The summed E-state index contributed by atoms with van der Waals surface area (Å²) in [5, 5.41) is 0.496. The fourth-order valence-corrected chi connectivity index (χ4v) is 1.99. The van der Waals surface area contributed by atoms with E-state index >= 15 is 0 Å². The molecule has 0 N–H and O–H groups in total. The van der Waals surface area contributed by atoms with Gasteiger partial charge >= 0.3 is 5.97 Å². The smallest absolute Gasteiger partial charge is 0.307 e. The normalized spacial score (nSPS) is 10.4. The van der Waals surface area contributed by atoms with Gasteiger partial charge in [0.05, 0.1) is 25.2 Å². The Labute approximate surface area is 123 Å². The highest BCUT2D eigenvalue weighted by Crippen LogP contribution is 2.15. The highest BCUT2D eigenvalue weighted by Gasteiger charge is 2.20. The molecule has 1 rings (SSSR count). The molecule has 20 heavy (non-hydrogen) atoms. The fraction of sp³-hybridized carbons (Fsp3) is 0.538. The molecule has 0 atom stereocenters. The number of nitrogens with zero attached hydrogens (tertiary/aromatic N) is 2. The van der Waals surface area contributed by atoms with Crippen molar-refractivity contribution in [2.24, 2.45) is 7.05 Å². The van der Waals surface area contributed by atoms with Crippen molar-refractivity contribution in [2.75, 3.05) is 33.9 Å². The van der Waals surface area contributed by atoms with Gasteiger partial charge in [0.25, 0.3) is 5.91 Å². The first-order valence-corrected chi connectivity index (χ1v) is 6.54. The second-order valence-corrected chi connectivity index (χ2v) is 4.70. The number of aromatic nitrogens is 1. The van der Waals surface area contributed by atoms with Crippen LogP contribution in [0.2, 0.25) is 5.02 Å². The molecule has 1 heterocycles. The molecule has 6 nitrogen and oxygen atoms in total. The molecule has 1 amide bonds. The van der Waals surface area contributed by atoms with Gasteiger partial charge in [-0.3, -0.25) is 9.59 Å². The number of ether oxygens (including phenoxy) is 2. The van der Waals surface area contributed by atoms with E-state index in [1.807, 2.05) is 0 Å². The predicted octanol–water partition coefficient (Wildman–Crippen LogP) is 1.33. The van der Waals surface area contributed by atoms with E-state index < -0.39 is 0 Å². The van der Waals surface area contributed by atoms with Gasteiger partial charge < -0.3 is 18.9 Å². The van der Waals surface area contributed by atoms with Gasteiger partial charge in [-0.2, -0.15) is 0 Å². The van der Waals surface area contributed by atoms with Crippen LogP contribution in [0.3, 0.4) is 0 Å². The molecule has 0 unspecified atom stereocenters. The number of aryl methyl sites for hydroxylation is 1. The van der Waals surface area contributed by atoms with Crippen LogP contribution in [0, 0.1) is 0 Å². The summed E-state index contributed by atoms with van der Waals surface area (Å²) in [4.78, 5) is 25.2. The average Bonchev–Trinajstić information content (AvgIpc) is 2.76. The molecule has 0 spiro atoms. The van der Waals surface area contributed by atoms with Crippen molar-refractivity contribution >= 4 is 23.5 Å². The van der Waals surface area contributed by atoms with E-state index in [2.05, 4.69) is 4.74 Å². The molecule has 0 aromatic carbocycles. The zero-order chi connectivity index (χ0) is 15.1. The number of amides is 1. The zero-order valence-corrected chi connectivity index (χ0v) is 12.6. The van der Waals surface area contributed by atoms with Crippen LogP contribution in [0.1, 0.15) is 16.9 Å². The molecule has 0 saturated heterocycles. The van der Waals surface area contributed by atoms with E-state index in [1.165, 1.54) is 7.11 Å². The first-order valence-electron chi connectivity index (χ1n) is 6.16. The number of carbonyl (C=O) groups excluding carboxylic acids is 2. The summed E-state index contributed by atoms with van der Waals surface area (Å²) in [6.07, 6.45) is 1.80. The van der Waals surface area contributed by atoms with E-state index in [-0.39, 0.29) is 24.8 Å². The summed E-state index contributed by atoms with van der Waals surface area (Å²) in [5.41, 5.74) is 0.468. The topological polar surface area (TPSA) is 60.8 Å². The summed E-state index contributed by atoms with van der Waals surface area (Å²) >= 11 is 5.88. The van der Waals surface area contributed by atoms with Gasteiger partial charge in [0.2, 0.25) is 0 Å². The van der Waals surface area contributed by atoms with Gasteiger partial charge in [-0.15, -0.1) is 0 Å². The van der Waals surface area contributed by atoms with Crippen LogP contribution in [0.15, 0.2) is 12.3 Å². The van der Waals surface area contributed by atoms with Crippen LogP contribution >= 0.6 is 11.6 Å². The Hall–Kier alpha value is -1.53. The maximum Gasteiger partial charge on any atom is 0.307 e. The molecule has 0 aliphatic carbocycles. The Morgan fingerprint density at radius 1 is 1.35 bits per heavy atom. The van der Waals surface area contributed by atoms with Gasteiger partial charge in [-0.05, 0) is 6.07 Å². The summed E-state index contributed by atoms with van der Waals surface area (Å²) in [6, 6.07) is 1.60. The van der Waals surface area contributed by atoms with E-state index in [1.54, 1.807) is 35.9 Å². The molecule has 0 fully saturated rings. The second kappa shape index (κ2) is 7.91. The summed E-state index contributed by atoms with van der Waals surface area (Å²) in [5.74, 6) is -0.550. The first kappa shape index (κ1) is 16.5. The highest BCUT2D eigenvalue weighted by atomic mass is 35.5. The fourth-order valence-electron chi connectivity index (χ4n) is 1.74. The van der Waals surface area contributed by atoms with Crippen molar-refractivity contribution in [3.63, 3.8) is 0 Å². The quantitative estimate of drug-likeness (QED) is 0.713. The van der Waals surface area contributed by atoms with E-state index in [0.717, 1.165) is 0 Å². The van der Waals surface area contributed by atoms with Crippen molar-refractivity contribution in [1.29, 1.82) is 0 Å². The molecular weight excluding hydrogens is 284 g/mol. The lowest BCUT2D eigenvalue weighted by Gasteiger charge is -2.22. The second-order valence-electron chi connectivity index (χ2n) is 4.27. The number of carbonyl (C=O) groups is 2. The Kier molecular flexibility index (Phi) is 6.54. The van der Waals surface area contributed by atoms with Crippen molar-refractivity contribution in [3.05, 3.63) is 23.0 Å². The Balaban J connectivity index is 2.78. The molecule has 0 bridgehead atoms. The van der Waals surface area contributed by atoms with Crippen LogP contribution in [0.4, 0.5) is 0 Å². The lowest BCUT2D eigenvalue weighted by atomic mass is 10.3. The van der Waals surface area contributed by atoms with Crippen molar-refractivity contribution in [1.82, 2.24) is 9.47 Å². The summed E-state index contributed by atoms with van der Waals surface area (Å²) in [7, 11) is 4.62. The zero-order valence-electron chi connectivity index (χ0n) is 11.9. The number of esters is 1. The van der Waals surface area contributed by atoms with Crippen LogP contribution in [-0.2, 0) is 21.3 Å². The van der Waals surface area contributed by atoms with E-state index in [0.29, 0.717) is 23.9 Å². The molecule has 0 aliphatic rings. The van der Waals surface area contributed by atoms with E-state index in [9.17, 15) is 9.59 Å². The average molecular weight is 303 g/mol. The van der Waals surface area contributed by atoms with Gasteiger partial charge in [0, 0.05) is 33.4 Å². The van der Waals surface area contributed by atoms with E-state index in [4.69, 9.17) is 16.3 Å². The Morgan fingerprint density at radius 3 is 2.55 bits per heavy atom. The molecule has 0 aliphatic heterocycles. The number of rotatable bonds is 7. The predicted molar refractivity (Wildman–Crippen MR) is 74.8 cm³/mol. The van der Waals surface area contributed by atoms with Crippen LogP contribution in [-0.4, -0.2) is 55.3 Å². The molecule has 112 valence electrons. The monoisotopic (exact) mass is 302 g/mol. The standard InChI is InChI=1S/C13H19ClN2O4/c1-15-9-10(14)8-11(15)13(18)16(6-7-19-2)5-4-12(17)20-3/h8-9H,4-7H2,1-3H3. The summed E-state index contributed by atoms with van der Waals surface area (Å²) in [6.45, 7) is 1.07. The van der Waals surface area contributed by atoms with Crippen LogP contribution < -0.4 is 0 Å². The number of hydrogen-bond acceptors (Lipinski definition) is 4. The largest absolute Gasteiger partial charge is 0.469 e. The summed E-state index contributed by atoms with van der Waals surface area (Å²) < 4.78 is 11.2. The van der Waals surface area contributed by atoms with Crippen LogP contribution in [0.25, 0.3) is 0 Å². The molecule has 0 saturated carbocycles. The molecule has 1 aromatic rings. The third-order valence-electron chi connectivity index (χ3n) is 2.86. The molecule has 7 heteroatoms. The SMILES string of the molecule is COCCN(CCC(=O)OC)C(=O)c1cc(Cl)cn1C. The minimum absolute atomic E-state index is 0.143. The van der Waals surface area contributed by atoms with Crippen LogP contribution in [0.5, 0.6) is 0 Å². The number of halogens is 1. The first-order chi connectivity index (χ1) is 9.49. The minimum atomic E-state index is -0.356. The maximum atomic E-state index is 12.4. The van der Waals surface area contributed by atoms with Crippen molar-refractivity contribution < 1.29 is 19.1 Å². The van der Waals surface area contributed by atoms with Crippen molar-refractivity contribution in [3.8, 4) is 0 Å². The number of methoxy groups -OCH3 is 2. The molecule has 0 radical (unpaired) electrons. The Bertz CT molecular complexity index is 473. The minimum Gasteiger partial charge on any atom is -0.469 e. The van der Waals surface area contributed by atoms with Crippen molar-refractivity contribution in [2.45, 2.75) is 6.42 Å². The maximum absolute atomic E-state index is 12.4. The Morgan fingerprint density at radius 2 is 2.05 bits per heavy atom. The lowest BCUT2D eigenvalue weighted by molar-refractivity contribution is -0.140. The van der Waals surface area contributed by atoms with Gasteiger partial charge in [-0.1, -0.05) is 11.6 Å². The number of hydrogen-bond donors (Lipinski definition) is 0. The molecule has 1 aromatic heterocycles. The lowest BCUT2D eigenvalue weighted by Crippen LogP contribution is -2.36. The third-order valence-corrected chi connectivity index (χ3v) is 3.06. The van der Waals surface area contributed by atoms with Gasteiger partial charge in [0.15, 0.2) is 0 Å². The van der Waals surface area contributed by atoms with Gasteiger partial charge in [0.1, 0.15) is 5.69 Å².